The normalized spacial score (nSPS) is 28.6. The van der Waals surface area contributed by atoms with Crippen LogP contribution in [0, 0.1) is 11.8 Å². The van der Waals surface area contributed by atoms with Crippen molar-refractivity contribution >= 4 is 39.7 Å². The van der Waals surface area contributed by atoms with E-state index in [1.165, 1.54) is 11.2 Å². The van der Waals surface area contributed by atoms with E-state index in [4.69, 9.17) is 5.73 Å². The van der Waals surface area contributed by atoms with Gasteiger partial charge in [-0.1, -0.05) is 0 Å². The lowest BCUT2D eigenvalue weighted by atomic mass is 9.57. The van der Waals surface area contributed by atoms with E-state index in [-0.39, 0.29) is 28.9 Å². The van der Waals surface area contributed by atoms with Crippen LogP contribution in [-0.2, 0) is 31.6 Å². The van der Waals surface area contributed by atoms with Crippen molar-refractivity contribution in [2.75, 3.05) is 39.3 Å². The molecule has 1 aromatic carbocycles. The van der Waals surface area contributed by atoms with E-state index in [1.54, 1.807) is 39.2 Å². The summed E-state index contributed by atoms with van der Waals surface area (Å²) >= 11 is 0. The van der Waals surface area contributed by atoms with Gasteiger partial charge in [0.15, 0.2) is 11.4 Å². The molecule has 1 saturated carbocycles. The summed E-state index contributed by atoms with van der Waals surface area (Å²) < 4.78 is 12.3. The van der Waals surface area contributed by atoms with Gasteiger partial charge in [-0.05, 0) is 44.5 Å². The van der Waals surface area contributed by atoms with Crippen molar-refractivity contribution in [1.29, 1.82) is 0 Å². The fraction of sp³-hybridized carbons (Fsp3) is 0.458. The van der Waals surface area contributed by atoms with Gasteiger partial charge in [0.1, 0.15) is 22.8 Å². The van der Waals surface area contributed by atoms with Crippen LogP contribution in [0.2, 0.25) is 0 Å². The third kappa shape index (κ3) is 3.31. The molecule has 5 unspecified atom stereocenters. The predicted octanol–water partition coefficient (Wildman–Crippen LogP) is -0.233. The van der Waals surface area contributed by atoms with Gasteiger partial charge in [0, 0.05) is 37.5 Å². The van der Waals surface area contributed by atoms with Crippen LogP contribution in [0.3, 0.4) is 0 Å². The molecule has 11 nitrogen and oxygen atoms in total. The number of carbonyl (C=O) groups is 3. The monoisotopic (exact) mass is 519 g/mol. The van der Waals surface area contributed by atoms with Gasteiger partial charge in [0.2, 0.25) is 5.78 Å². The van der Waals surface area contributed by atoms with Crippen molar-refractivity contribution in [2.45, 2.75) is 29.4 Å². The molecule has 3 aliphatic carbocycles. The second kappa shape index (κ2) is 8.43. The van der Waals surface area contributed by atoms with E-state index >= 15 is 0 Å². The fourth-order valence-electron chi connectivity index (χ4n) is 5.89. The van der Waals surface area contributed by atoms with Crippen LogP contribution in [-0.4, -0.2) is 93.1 Å². The summed E-state index contributed by atoms with van der Waals surface area (Å²) in [5, 5.41) is 44.7. The third-order valence-electron chi connectivity index (χ3n) is 7.45. The molecule has 6 N–H and O–H groups in total. The number of nitrogens with zero attached hydrogens (tertiary/aromatic N) is 2. The Morgan fingerprint density at radius 3 is 2.28 bits per heavy atom. The summed E-state index contributed by atoms with van der Waals surface area (Å²) in [7, 11) is 4.94. The number of aliphatic hydroxyl groups excluding tert-OH is 2. The lowest BCUT2D eigenvalue weighted by Gasteiger charge is -2.50. The average Bonchev–Trinajstić information content (AvgIpc) is 2.75. The van der Waals surface area contributed by atoms with Gasteiger partial charge in [-0.3, -0.25) is 23.5 Å². The SMILES string of the molecule is CN(C)c1cc(S(C)=O)c(O)c2c1CC1CC3C(N(C)C)C(=O)C(C(N)=O)=C(O)C3(O)C(=O)C1=C2O. The molecule has 0 aliphatic heterocycles. The molecule has 4 rings (SSSR count). The van der Waals surface area contributed by atoms with Gasteiger partial charge in [-0.25, -0.2) is 0 Å². The number of ketones is 2. The number of phenolic OH excluding ortho intramolecular Hbond substituents is 1. The summed E-state index contributed by atoms with van der Waals surface area (Å²) in [6, 6.07) is 0.415. The van der Waals surface area contributed by atoms with Crippen LogP contribution >= 0.6 is 0 Å². The number of nitrogens with two attached hydrogens (primary N) is 1. The van der Waals surface area contributed by atoms with Crippen molar-refractivity contribution in [1.82, 2.24) is 4.90 Å². The van der Waals surface area contributed by atoms with E-state index in [0.29, 0.717) is 11.3 Å². The molecule has 12 heteroatoms. The molecule has 194 valence electrons. The molecule has 1 amide bonds. The topological polar surface area (TPSA) is 182 Å². The molecule has 0 radical (unpaired) electrons. The third-order valence-corrected chi connectivity index (χ3v) is 8.38. The minimum absolute atomic E-state index is 0.000845. The Hall–Kier alpha value is -3.22. The molecule has 5 atom stereocenters. The Morgan fingerprint density at radius 2 is 1.78 bits per heavy atom. The largest absolute Gasteiger partial charge is 0.508 e. The Labute approximate surface area is 209 Å². The number of phenols is 1. The molecule has 0 saturated heterocycles. The van der Waals surface area contributed by atoms with Gasteiger partial charge >= 0.3 is 0 Å². The number of fused-ring (bicyclic) bond motifs is 3. The second-order valence-electron chi connectivity index (χ2n) is 9.91. The summed E-state index contributed by atoms with van der Waals surface area (Å²) in [5.41, 5.74) is 2.52. The van der Waals surface area contributed by atoms with Gasteiger partial charge in [-0.2, -0.15) is 0 Å². The summed E-state index contributed by atoms with van der Waals surface area (Å²) in [4.78, 5) is 42.2. The highest BCUT2D eigenvalue weighted by atomic mass is 32.2. The first-order valence-electron chi connectivity index (χ1n) is 11.2. The van der Waals surface area contributed by atoms with E-state index in [2.05, 4.69) is 0 Å². The summed E-state index contributed by atoms with van der Waals surface area (Å²) in [6.45, 7) is 0. The lowest BCUT2D eigenvalue weighted by Crippen LogP contribution is -2.65. The van der Waals surface area contributed by atoms with E-state index in [9.17, 15) is 39.0 Å². The van der Waals surface area contributed by atoms with Gasteiger partial charge in [0.05, 0.1) is 27.3 Å². The van der Waals surface area contributed by atoms with E-state index < -0.39 is 74.6 Å². The number of likely N-dealkylation sites (N-methyl/N-ethyl adjacent to an activating group) is 1. The molecule has 1 fully saturated rings. The number of hydrogen-bond donors (Lipinski definition) is 5. The number of carbonyl (C=O) groups excluding carboxylic acids is 3. The second-order valence-corrected chi connectivity index (χ2v) is 11.3. The lowest BCUT2D eigenvalue weighted by molar-refractivity contribution is -0.153. The smallest absolute Gasteiger partial charge is 0.255 e. The molecular weight excluding hydrogens is 490 g/mol. The zero-order chi connectivity index (χ0) is 27.0. The first kappa shape index (κ1) is 25.9. The van der Waals surface area contributed by atoms with Gasteiger partial charge in [-0.15, -0.1) is 0 Å². The van der Waals surface area contributed by atoms with Crippen LogP contribution in [0.5, 0.6) is 5.75 Å². The minimum atomic E-state index is -2.70. The van der Waals surface area contributed by atoms with Crippen LogP contribution in [0.15, 0.2) is 27.9 Å². The van der Waals surface area contributed by atoms with Gasteiger partial charge < -0.3 is 31.1 Å². The predicted molar refractivity (Wildman–Crippen MR) is 131 cm³/mol. The van der Waals surface area contributed by atoms with E-state index in [0.717, 1.165) is 0 Å². The molecule has 0 bridgehead atoms. The van der Waals surface area contributed by atoms with Gasteiger partial charge in [0.25, 0.3) is 5.91 Å². The molecular formula is C24H29N3O8S. The first-order chi connectivity index (χ1) is 16.7. The molecule has 0 heterocycles. The maximum atomic E-state index is 13.8. The van der Waals surface area contributed by atoms with Crippen LogP contribution < -0.4 is 10.6 Å². The number of hydrogen-bond acceptors (Lipinski definition) is 10. The van der Waals surface area contributed by atoms with Crippen molar-refractivity contribution in [2.24, 2.45) is 17.6 Å². The zero-order valence-electron chi connectivity index (χ0n) is 20.5. The van der Waals surface area contributed by atoms with E-state index in [1.807, 2.05) is 0 Å². The number of aromatic hydroxyl groups is 1. The Balaban J connectivity index is 2.03. The number of primary amides is 1. The quantitative estimate of drug-likeness (QED) is 0.333. The molecule has 0 aromatic heterocycles. The number of Topliss-reactive ketones (excluding diaryl/α,β-unsaturated/α-hetero) is 2. The maximum absolute atomic E-state index is 13.8. The summed E-state index contributed by atoms with van der Waals surface area (Å²) in [6.07, 6.45) is 1.53. The molecule has 1 aromatic rings. The first-order valence-corrected chi connectivity index (χ1v) is 12.8. The highest BCUT2D eigenvalue weighted by Gasteiger charge is 2.64. The standard InChI is InChI=1S/C24H29N3O8S/c1-26(2)12-8-13(36(5)35)18(28)15-10(12)6-9-7-11-17(27(3)4)20(30)16(23(25)33)22(32)24(11,34)21(31)14(9)19(15)29/h8-9,11,17,28-29,32,34H,6-7H2,1-5H3,(H2,25,33). The van der Waals surface area contributed by atoms with Crippen LogP contribution in [0.4, 0.5) is 5.69 Å². The number of aliphatic hydroxyl groups is 3. The number of anilines is 1. The number of amides is 1. The fourth-order valence-corrected chi connectivity index (χ4v) is 6.54. The number of benzene rings is 1. The Kier molecular flexibility index (Phi) is 6.05. The summed E-state index contributed by atoms with van der Waals surface area (Å²) in [5.74, 6) is -7.21. The minimum Gasteiger partial charge on any atom is -0.508 e. The molecule has 3 aliphatic rings. The van der Waals surface area contributed by atoms with Crippen molar-refractivity contribution in [3.05, 3.63) is 34.1 Å². The number of rotatable bonds is 4. The Bertz CT molecular complexity index is 1310. The van der Waals surface area contributed by atoms with Crippen LogP contribution in [0.1, 0.15) is 17.5 Å². The Morgan fingerprint density at radius 1 is 1.17 bits per heavy atom. The zero-order valence-corrected chi connectivity index (χ0v) is 21.3. The maximum Gasteiger partial charge on any atom is 0.255 e. The highest BCUT2D eigenvalue weighted by molar-refractivity contribution is 7.84. The van der Waals surface area contributed by atoms with Crippen LogP contribution in [0.25, 0.3) is 5.76 Å². The average molecular weight is 520 g/mol. The molecule has 0 spiro atoms. The van der Waals surface area contributed by atoms with Crippen molar-refractivity contribution in [3.63, 3.8) is 0 Å². The van der Waals surface area contributed by atoms with Crippen molar-refractivity contribution < 1.29 is 39.0 Å². The van der Waals surface area contributed by atoms with Crippen molar-refractivity contribution in [3.8, 4) is 5.75 Å². The molecule has 36 heavy (non-hydrogen) atoms. The highest BCUT2D eigenvalue weighted by Crippen LogP contribution is 2.54.